The van der Waals surface area contributed by atoms with Crippen LogP contribution in [0, 0.1) is 6.92 Å². The average molecular weight is 445 g/mol. The van der Waals surface area contributed by atoms with Crippen molar-refractivity contribution in [2.75, 3.05) is 37.6 Å². The third-order valence-electron chi connectivity index (χ3n) is 6.37. The number of benzene rings is 2. The maximum absolute atomic E-state index is 13.3. The van der Waals surface area contributed by atoms with Gasteiger partial charge < -0.3 is 14.4 Å². The molecule has 3 aromatic rings. The summed E-state index contributed by atoms with van der Waals surface area (Å²) in [6.07, 6.45) is 2.28. The Bertz CT molecular complexity index is 1120. The zero-order chi connectivity index (χ0) is 22.8. The topological polar surface area (TPSA) is 72.5 Å². The van der Waals surface area contributed by atoms with E-state index in [1.807, 2.05) is 24.3 Å². The van der Waals surface area contributed by atoms with Gasteiger partial charge >= 0.3 is 0 Å². The average Bonchev–Trinajstić information content (AvgIpc) is 3.51. The van der Waals surface area contributed by atoms with Gasteiger partial charge in [0.15, 0.2) is 0 Å². The molecule has 2 aliphatic rings. The van der Waals surface area contributed by atoms with Crippen LogP contribution in [-0.2, 0) is 4.79 Å². The molecule has 1 aromatic heterocycles. The molecule has 1 atom stereocenters. The van der Waals surface area contributed by atoms with E-state index >= 15 is 0 Å². The lowest BCUT2D eigenvalue weighted by molar-refractivity contribution is -0.134. The summed E-state index contributed by atoms with van der Waals surface area (Å²) < 4.78 is 5.66. The molecule has 7 heteroatoms. The molecule has 3 heterocycles. The molecule has 2 aromatic carbocycles. The highest BCUT2D eigenvalue weighted by Crippen LogP contribution is 2.33. The lowest BCUT2D eigenvalue weighted by atomic mass is 10.0. The zero-order valence-corrected chi connectivity index (χ0v) is 18.7. The van der Waals surface area contributed by atoms with Gasteiger partial charge in [-0.05, 0) is 48.9 Å². The zero-order valence-electron chi connectivity index (χ0n) is 18.7. The van der Waals surface area contributed by atoms with E-state index in [4.69, 9.17) is 9.52 Å². The third kappa shape index (κ3) is 4.64. The fraction of sp³-hybridized carbons (Fsp3) is 0.308. The predicted octanol–water partition coefficient (Wildman–Crippen LogP) is 3.79. The smallest absolute Gasteiger partial charge is 0.257 e. The summed E-state index contributed by atoms with van der Waals surface area (Å²) in [6.45, 7) is 5.63. The van der Waals surface area contributed by atoms with Crippen LogP contribution in [-0.4, -0.2) is 59.4 Å². The number of piperazine rings is 1. The number of aromatic hydroxyl groups is 1. The lowest BCUT2D eigenvalue weighted by Crippen LogP contribution is -2.49. The Morgan fingerprint density at radius 3 is 2.42 bits per heavy atom. The minimum atomic E-state index is -0.220. The van der Waals surface area contributed by atoms with E-state index in [0.29, 0.717) is 13.0 Å². The maximum Gasteiger partial charge on any atom is 0.257 e. The van der Waals surface area contributed by atoms with Gasteiger partial charge in [-0.1, -0.05) is 29.8 Å². The second-order valence-corrected chi connectivity index (χ2v) is 8.67. The highest BCUT2D eigenvalue weighted by atomic mass is 16.3. The van der Waals surface area contributed by atoms with Gasteiger partial charge in [-0.2, -0.15) is 5.10 Å². The fourth-order valence-electron chi connectivity index (χ4n) is 4.45. The van der Waals surface area contributed by atoms with Crippen molar-refractivity contribution in [2.45, 2.75) is 19.4 Å². The summed E-state index contributed by atoms with van der Waals surface area (Å²) in [4.78, 5) is 17.8. The van der Waals surface area contributed by atoms with Crippen LogP contribution in [0.25, 0.3) is 0 Å². The van der Waals surface area contributed by atoms with Crippen molar-refractivity contribution in [1.29, 1.82) is 0 Å². The molecule has 2 aliphatic heterocycles. The van der Waals surface area contributed by atoms with Crippen molar-refractivity contribution in [1.82, 2.24) is 9.91 Å². The first-order chi connectivity index (χ1) is 16.1. The maximum atomic E-state index is 13.3. The standard InChI is InChI=1S/C26H28N4O3/c1-19-4-6-20(7-5-19)23-17-24(25-3-2-16-33-25)30(27-23)26(32)18-28-12-14-29(15-13-28)21-8-10-22(31)11-9-21/h2-11,16,24,31H,12-15,17-18H2,1H3. The number of hydrogen-bond donors (Lipinski definition) is 1. The van der Waals surface area contributed by atoms with Gasteiger partial charge in [-0.25, -0.2) is 5.01 Å². The molecule has 5 rings (SSSR count). The summed E-state index contributed by atoms with van der Waals surface area (Å²) in [7, 11) is 0. The molecular weight excluding hydrogens is 416 g/mol. The van der Waals surface area contributed by atoms with Crippen molar-refractivity contribution >= 4 is 17.3 Å². The number of anilines is 1. The van der Waals surface area contributed by atoms with Crippen molar-refractivity contribution in [3.63, 3.8) is 0 Å². The number of phenolic OH excluding ortho intramolecular Hbond substituents is 1. The van der Waals surface area contributed by atoms with E-state index in [1.54, 1.807) is 23.4 Å². The van der Waals surface area contributed by atoms with Crippen LogP contribution in [0.2, 0.25) is 0 Å². The molecule has 0 spiro atoms. The van der Waals surface area contributed by atoms with Gasteiger partial charge in [0.05, 0.1) is 18.5 Å². The molecule has 7 nitrogen and oxygen atoms in total. The number of carbonyl (C=O) groups excluding carboxylic acids is 1. The molecule has 170 valence electrons. The monoisotopic (exact) mass is 444 g/mol. The molecule has 33 heavy (non-hydrogen) atoms. The molecule has 1 fully saturated rings. The Balaban J connectivity index is 1.26. The number of furan rings is 1. The van der Waals surface area contributed by atoms with Crippen LogP contribution in [0.5, 0.6) is 5.75 Å². The number of amides is 1. The second kappa shape index (κ2) is 9.11. The third-order valence-corrected chi connectivity index (χ3v) is 6.37. The fourth-order valence-corrected chi connectivity index (χ4v) is 4.45. The first kappa shape index (κ1) is 21.3. The van der Waals surface area contributed by atoms with Gasteiger partial charge in [-0.3, -0.25) is 9.69 Å². The molecular formula is C26H28N4O3. The number of hydrogen-bond acceptors (Lipinski definition) is 6. The van der Waals surface area contributed by atoms with Crippen LogP contribution >= 0.6 is 0 Å². The quantitative estimate of drug-likeness (QED) is 0.648. The molecule has 0 saturated carbocycles. The van der Waals surface area contributed by atoms with E-state index in [0.717, 1.165) is 48.9 Å². The minimum absolute atomic E-state index is 0.0170. The van der Waals surface area contributed by atoms with Gasteiger partial charge in [0, 0.05) is 38.3 Å². The summed E-state index contributed by atoms with van der Waals surface area (Å²) in [6, 6.07) is 19.1. The van der Waals surface area contributed by atoms with Gasteiger partial charge in [0.1, 0.15) is 17.6 Å². The Kier molecular flexibility index (Phi) is 5.88. The normalized spacial score (nSPS) is 19.1. The van der Waals surface area contributed by atoms with Crippen LogP contribution < -0.4 is 4.90 Å². The molecule has 1 unspecified atom stereocenters. The summed E-state index contributed by atoms with van der Waals surface area (Å²) in [5.74, 6) is 1.01. The van der Waals surface area contributed by atoms with Gasteiger partial charge in [0.25, 0.3) is 5.91 Å². The number of aryl methyl sites for hydroxylation is 1. The van der Waals surface area contributed by atoms with Crippen LogP contribution in [0.15, 0.2) is 76.4 Å². The van der Waals surface area contributed by atoms with E-state index < -0.39 is 0 Å². The molecule has 1 N–H and O–H groups in total. The highest BCUT2D eigenvalue weighted by Gasteiger charge is 2.35. The first-order valence-corrected chi connectivity index (χ1v) is 11.3. The van der Waals surface area contributed by atoms with Crippen LogP contribution in [0.3, 0.4) is 0 Å². The van der Waals surface area contributed by atoms with E-state index in [9.17, 15) is 9.90 Å². The first-order valence-electron chi connectivity index (χ1n) is 11.3. The molecule has 0 aliphatic carbocycles. The Morgan fingerprint density at radius 2 is 1.76 bits per heavy atom. The van der Waals surface area contributed by atoms with Gasteiger partial charge in [-0.15, -0.1) is 0 Å². The van der Waals surface area contributed by atoms with E-state index in [2.05, 4.69) is 41.0 Å². The van der Waals surface area contributed by atoms with Crippen molar-refractivity contribution in [3.8, 4) is 5.75 Å². The van der Waals surface area contributed by atoms with Gasteiger partial charge in [0.2, 0.25) is 0 Å². The lowest BCUT2D eigenvalue weighted by Gasteiger charge is -2.36. The largest absolute Gasteiger partial charge is 0.508 e. The number of hydrazone groups is 1. The van der Waals surface area contributed by atoms with Crippen molar-refractivity contribution in [3.05, 3.63) is 83.8 Å². The Morgan fingerprint density at radius 1 is 1.03 bits per heavy atom. The second-order valence-electron chi connectivity index (χ2n) is 8.67. The van der Waals surface area contributed by atoms with Crippen molar-refractivity contribution in [2.24, 2.45) is 5.10 Å². The van der Waals surface area contributed by atoms with Crippen LogP contribution in [0.4, 0.5) is 5.69 Å². The number of nitrogens with zero attached hydrogens (tertiary/aromatic N) is 4. The number of phenols is 1. The molecule has 0 bridgehead atoms. The SMILES string of the molecule is Cc1ccc(C2=NN(C(=O)CN3CCN(c4ccc(O)cc4)CC3)C(c3ccco3)C2)cc1. The predicted molar refractivity (Wildman–Crippen MR) is 127 cm³/mol. The molecule has 1 saturated heterocycles. The minimum Gasteiger partial charge on any atom is -0.508 e. The summed E-state index contributed by atoms with van der Waals surface area (Å²) in [5, 5.41) is 15.9. The molecule has 0 radical (unpaired) electrons. The highest BCUT2D eigenvalue weighted by molar-refractivity contribution is 6.03. The number of rotatable bonds is 5. The van der Waals surface area contributed by atoms with E-state index in [1.165, 1.54) is 5.56 Å². The Labute approximate surface area is 193 Å². The van der Waals surface area contributed by atoms with Crippen molar-refractivity contribution < 1.29 is 14.3 Å². The summed E-state index contributed by atoms with van der Waals surface area (Å²) in [5.41, 5.74) is 4.22. The molecule has 1 amide bonds. The number of carbonyl (C=O) groups is 1. The summed E-state index contributed by atoms with van der Waals surface area (Å²) >= 11 is 0. The van der Waals surface area contributed by atoms with Crippen LogP contribution in [0.1, 0.15) is 29.3 Å². The Hall–Kier alpha value is -3.58. The van der Waals surface area contributed by atoms with E-state index in [-0.39, 0.29) is 17.7 Å².